The average molecular weight is 433 g/mol. The zero-order valence-corrected chi connectivity index (χ0v) is 17.0. The van der Waals surface area contributed by atoms with E-state index >= 15 is 0 Å². The minimum Gasteiger partial charge on any atom is -0.354 e. The monoisotopic (exact) mass is 433 g/mol. The predicted molar refractivity (Wildman–Crippen MR) is 110 cm³/mol. The number of alkyl halides is 3. The molecule has 0 bridgehead atoms. The average Bonchev–Trinajstić information content (AvgIpc) is 3.23. The van der Waals surface area contributed by atoms with Crippen molar-refractivity contribution < 1.29 is 13.2 Å². The van der Waals surface area contributed by atoms with Crippen LogP contribution in [0.4, 0.5) is 19.0 Å². The molecule has 0 radical (unpaired) electrons. The van der Waals surface area contributed by atoms with E-state index in [9.17, 15) is 13.2 Å². The van der Waals surface area contributed by atoms with Gasteiger partial charge < -0.3 is 15.5 Å². The number of aromatic nitrogens is 2. The molecule has 3 fully saturated rings. The van der Waals surface area contributed by atoms with E-state index in [2.05, 4.69) is 31.4 Å². The van der Waals surface area contributed by atoms with Gasteiger partial charge in [0.15, 0.2) is 0 Å². The Morgan fingerprint density at radius 1 is 1.06 bits per heavy atom. The Morgan fingerprint density at radius 3 is 2.71 bits per heavy atom. The first-order valence-corrected chi connectivity index (χ1v) is 10.7. The Morgan fingerprint density at radius 2 is 1.90 bits per heavy atom. The minimum atomic E-state index is -4.40. The molecule has 0 spiro atoms. The van der Waals surface area contributed by atoms with E-state index in [-0.39, 0.29) is 24.0 Å². The molecule has 3 aliphatic rings. The number of piperazine rings is 1. The summed E-state index contributed by atoms with van der Waals surface area (Å²) in [6.45, 7) is 4.39. The number of halogens is 3. The Kier molecular flexibility index (Phi) is 5.55. The van der Waals surface area contributed by atoms with E-state index in [1.165, 1.54) is 12.3 Å². The minimum absolute atomic E-state index is 0.00350. The maximum atomic E-state index is 13.1. The van der Waals surface area contributed by atoms with Crippen molar-refractivity contribution >= 4 is 5.82 Å². The summed E-state index contributed by atoms with van der Waals surface area (Å²) in [4.78, 5) is 11.0. The molecule has 4 atom stereocenters. The summed E-state index contributed by atoms with van der Waals surface area (Å²) in [7, 11) is 0. The second kappa shape index (κ2) is 8.34. The third-order valence-electron chi connectivity index (χ3n) is 6.47. The molecule has 2 aromatic heterocycles. The normalized spacial score (nSPS) is 29.1. The number of hydrazine groups is 1. The lowest BCUT2D eigenvalue weighted by Crippen LogP contribution is -2.46. The molecule has 4 unspecified atom stereocenters. The maximum absolute atomic E-state index is 13.1. The first kappa shape index (κ1) is 20.6. The van der Waals surface area contributed by atoms with E-state index < -0.39 is 11.7 Å². The molecule has 0 aliphatic carbocycles. The van der Waals surface area contributed by atoms with Gasteiger partial charge in [-0.15, -0.1) is 0 Å². The molecular weight excluding hydrogens is 407 g/mol. The van der Waals surface area contributed by atoms with Crippen LogP contribution >= 0.6 is 0 Å². The highest BCUT2D eigenvalue weighted by molar-refractivity contribution is 5.40. The molecule has 7 nitrogen and oxygen atoms in total. The Labute approximate surface area is 178 Å². The molecular formula is C21H26F3N7. The van der Waals surface area contributed by atoms with E-state index in [0.29, 0.717) is 18.5 Å². The maximum Gasteiger partial charge on any atom is 0.417 e. The summed E-state index contributed by atoms with van der Waals surface area (Å²) in [6.07, 6.45) is -1.30. The lowest BCUT2D eigenvalue weighted by atomic mass is 9.81. The van der Waals surface area contributed by atoms with Crippen molar-refractivity contribution in [3.05, 3.63) is 53.5 Å². The fourth-order valence-corrected chi connectivity index (χ4v) is 4.80. The summed E-state index contributed by atoms with van der Waals surface area (Å²) in [6, 6.07) is 7.30. The van der Waals surface area contributed by atoms with Gasteiger partial charge in [0, 0.05) is 63.1 Å². The zero-order valence-electron chi connectivity index (χ0n) is 17.0. The summed E-state index contributed by atoms with van der Waals surface area (Å²) in [5.41, 5.74) is 7.53. The van der Waals surface area contributed by atoms with Crippen molar-refractivity contribution in [3.63, 3.8) is 0 Å². The third kappa shape index (κ3) is 4.25. The van der Waals surface area contributed by atoms with Crippen LogP contribution in [0.1, 0.15) is 35.3 Å². The first-order valence-electron chi connectivity index (χ1n) is 10.7. The number of nitrogens with zero attached hydrogens (tertiary/aromatic N) is 3. The van der Waals surface area contributed by atoms with E-state index in [4.69, 9.17) is 4.98 Å². The molecule has 31 heavy (non-hydrogen) atoms. The van der Waals surface area contributed by atoms with Crippen LogP contribution in [-0.2, 0) is 6.18 Å². The lowest BCUT2D eigenvalue weighted by Gasteiger charge is -2.34. The molecule has 4 N–H and O–H groups in total. The molecule has 0 saturated carbocycles. The number of rotatable bonds is 3. The van der Waals surface area contributed by atoms with Crippen molar-refractivity contribution in [1.82, 2.24) is 31.5 Å². The van der Waals surface area contributed by atoms with Gasteiger partial charge in [-0.3, -0.25) is 10.4 Å². The van der Waals surface area contributed by atoms with Crippen molar-refractivity contribution in [2.24, 2.45) is 5.92 Å². The number of piperidine rings is 1. The van der Waals surface area contributed by atoms with Gasteiger partial charge in [-0.05, 0) is 30.2 Å². The van der Waals surface area contributed by atoms with Gasteiger partial charge in [0.05, 0.1) is 17.3 Å². The summed E-state index contributed by atoms with van der Waals surface area (Å²) >= 11 is 0. The van der Waals surface area contributed by atoms with Crippen LogP contribution in [-0.4, -0.2) is 48.7 Å². The fraction of sp³-hybridized carbons (Fsp3) is 0.524. The SMILES string of the molecule is FC(F)(F)c1cncc(C2CC3C(CN2)NNC3c2cccc(N3CCNCC3)n2)c1. The number of anilines is 1. The largest absolute Gasteiger partial charge is 0.417 e. The van der Waals surface area contributed by atoms with Gasteiger partial charge in [0.25, 0.3) is 0 Å². The zero-order chi connectivity index (χ0) is 21.4. The van der Waals surface area contributed by atoms with Gasteiger partial charge >= 0.3 is 6.18 Å². The molecule has 10 heteroatoms. The molecule has 0 aromatic carbocycles. The second-order valence-electron chi connectivity index (χ2n) is 8.40. The van der Waals surface area contributed by atoms with Crippen LogP contribution in [0, 0.1) is 5.92 Å². The molecule has 3 aliphatic heterocycles. The van der Waals surface area contributed by atoms with Gasteiger partial charge in [0.2, 0.25) is 0 Å². The highest BCUT2D eigenvalue weighted by atomic mass is 19.4. The van der Waals surface area contributed by atoms with Gasteiger partial charge in [-0.1, -0.05) is 6.07 Å². The first-order chi connectivity index (χ1) is 15.0. The summed E-state index contributed by atoms with van der Waals surface area (Å²) < 4.78 is 39.4. The van der Waals surface area contributed by atoms with Gasteiger partial charge in [-0.25, -0.2) is 10.4 Å². The number of pyridine rings is 2. The van der Waals surface area contributed by atoms with Gasteiger partial charge in [-0.2, -0.15) is 13.2 Å². The molecule has 3 saturated heterocycles. The summed E-state index contributed by atoms with van der Waals surface area (Å²) in [5.74, 6) is 1.17. The topological polar surface area (TPSA) is 77.1 Å². The van der Waals surface area contributed by atoms with Crippen LogP contribution in [0.15, 0.2) is 36.7 Å². The molecule has 5 rings (SSSR count). The second-order valence-corrected chi connectivity index (χ2v) is 8.40. The van der Waals surface area contributed by atoms with Crippen LogP contribution in [0.5, 0.6) is 0 Å². The Bertz CT molecular complexity index is 916. The standard InChI is InChI=1S/C21H26F3N7/c22-21(23,24)14-8-13(10-26-11-14)17-9-15-18(12-27-17)29-30-20(15)16-2-1-3-19(28-16)31-6-4-25-5-7-31/h1-3,8,10-11,15,17-18,20,25,27,29-30H,4-7,9,12H2. The lowest BCUT2D eigenvalue weighted by molar-refractivity contribution is -0.137. The predicted octanol–water partition coefficient (Wildman–Crippen LogP) is 1.77. The van der Waals surface area contributed by atoms with E-state index in [0.717, 1.165) is 43.9 Å². The number of fused-ring (bicyclic) bond motifs is 1. The van der Waals surface area contributed by atoms with Crippen molar-refractivity contribution in [1.29, 1.82) is 0 Å². The molecule has 166 valence electrons. The van der Waals surface area contributed by atoms with E-state index in [1.54, 1.807) is 0 Å². The smallest absolute Gasteiger partial charge is 0.354 e. The number of nitrogens with one attached hydrogen (secondary N) is 4. The fourth-order valence-electron chi connectivity index (χ4n) is 4.80. The van der Waals surface area contributed by atoms with Crippen molar-refractivity contribution in [3.8, 4) is 0 Å². The molecule has 0 amide bonds. The highest BCUT2D eigenvalue weighted by Gasteiger charge is 2.42. The molecule has 5 heterocycles. The molecule has 2 aromatic rings. The highest BCUT2D eigenvalue weighted by Crippen LogP contribution is 2.39. The summed E-state index contributed by atoms with van der Waals surface area (Å²) in [5, 5.41) is 6.73. The van der Waals surface area contributed by atoms with Crippen LogP contribution in [0.25, 0.3) is 0 Å². The quantitative estimate of drug-likeness (QED) is 0.588. The van der Waals surface area contributed by atoms with E-state index in [1.807, 2.05) is 18.2 Å². The third-order valence-corrected chi connectivity index (χ3v) is 6.47. The van der Waals surface area contributed by atoms with Crippen LogP contribution in [0.3, 0.4) is 0 Å². The van der Waals surface area contributed by atoms with Gasteiger partial charge in [0.1, 0.15) is 5.82 Å². The van der Waals surface area contributed by atoms with Crippen molar-refractivity contribution in [2.45, 2.75) is 30.7 Å². The van der Waals surface area contributed by atoms with Crippen molar-refractivity contribution in [2.75, 3.05) is 37.6 Å². The van der Waals surface area contributed by atoms with Crippen LogP contribution in [0.2, 0.25) is 0 Å². The number of hydrogen-bond donors (Lipinski definition) is 4. The van der Waals surface area contributed by atoms with Crippen LogP contribution < -0.4 is 26.4 Å². The number of hydrogen-bond acceptors (Lipinski definition) is 7. The Balaban J connectivity index is 1.35. The Hall–Kier alpha value is -2.27.